The highest BCUT2D eigenvalue weighted by Crippen LogP contribution is 2.44. The number of hydrogen-bond acceptors (Lipinski definition) is 9. The standard InChI is InChI=1S/C31H34Cl2N4O4S/c1-4-39-31(38)24(18-21-8-6-5-7-9-21)41-30-27-25(42-35-30)19-34-29(33)26(27)22-10-11-23(28(32)20(22)2)40-17-16-37-14-12-36(3)13-15-37/h5-11,19,24H,4,12-18H2,1-3H3/t24-/m1/s1. The number of ether oxygens (including phenoxy) is 3. The summed E-state index contributed by atoms with van der Waals surface area (Å²) in [6.07, 6.45) is 1.10. The fraction of sp³-hybridized carbons (Fsp3) is 0.387. The Labute approximate surface area is 260 Å². The van der Waals surface area contributed by atoms with E-state index in [0.717, 1.165) is 54.1 Å². The van der Waals surface area contributed by atoms with Crippen molar-refractivity contribution in [3.05, 3.63) is 70.0 Å². The average Bonchev–Trinajstić information content (AvgIpc) is 3.39. The first-order chi connectivity index (χ1) is 20.4. The number of rotatable bonds is 11. The maximum Gasteiger partial charge on any atom is 0.347 e. The maximum atomic E-state index is 12.9. The zero-order valence-electron chi connectivity index (χ0n) is 23.9. The van der Waals surface area contributed by atoms with Crippen molar-refractivity contribution in [2.24, 2.45) is 0 Å². The van der Waals surface area contributed by atoms with Gasteiger partial charge in [0.15, 0.2) is 0 Å². The van der Waals surface area contributed by atoms with Crippen molar-refractivity contribution in [2.75, 3.05) is 53.0 Å². The van der Waals surface area contributed by atoms with Crippen molar-refractivity contribution in [1.82, 2.24) is 19.2 Å². The summed E-state index contributed by atoms with van der Waals surface area (Å²) in [4.78, 5) is 22.1. The predicted octanol–water partition coefficient (Wildman–Crippen LogP) is 6.15. The van der Waals surface area contributed by atoms with Crippen molar-refractivity contribution in [2.45, 2.75) is 26.4 Å². The number of fused-ring (bicyclic) bond motifs is 1. The summed E-state index contributed by atoms with van der Waals surface area (Å²) in [5.41, 5.74) is 3.17. The van der Waals surface area contributed by atoms with Gasteiger partial charge in [-0.2, -0.15) is 4.37 Å². The molecule has 222 valence electrons. The van der Waals surface area contributed by atoms with Crippen LogP contribution in [0.1, 0.15) is 18.1 Å². The highest BCUT2D eigenvalue weighted by molar-refractivity contribution is 7.13. The first-order valence-corrected chi connectivity index (χ1v) is 15.5. The third kappa shape index (κ3) is 6.98. The monoisotopic (exact) mass is 628 g/mol. The SMILES string of the molecule is CCOC(=O)[C@@H](Cc1ccccc1)Oc1nsc2cnc(Cl)c(-c3ccc(OCCN4CCN(C)CC4)c(Cl)c3C)c12. The van der Waals surface area contributed by atoms with Crippen LogP contribution in [0.15, 0.2) is 48.7 Å². The molecule has 1 aliphatic rings. The minimum Gasteiger partial charge on any atom is -0.491 e. The van der Waals surface area contributed by atoms with Gasteiger partial charge in [0, 0.05) is 50.9 Å². The molecule has 1 saturated heterocycles. The lowest BCUT2D eigenvalue weighted by molar-refractivity contribution is -0.151. The lowest BCUT2D eigenvalue weighted by Crippen LogP contribution is -2.45. The number of nitrogens with zero attached hydrogens (tertiary/aromatic N) is 4. The fourth-order valence-corrected chi connectivity index (χ4v) is 6.15. The molecule has 0 bridgehead atoms. The predicted molar refractivity (Wildman–Crippen MR) is 168 cm³/mol. The van der Waals surface area contributed by atoms with Crippen LogP contribution in [0.5, 0.6) is 11.6 Å². The molecule has 2 aromatic heterocycles. The Kier molecular flexibility index (Phi) is 10.2. The molecule has 0 radical (unpaired) electrons. The summed E-state index contributed by atoms with van der Waals surface area (Å²) >= 11 is 14.8. The summed E-state index contributed by atoms with van der Waals surface area (Å²) in [5, 5.41) is 1.47. The van der Waals surface area contributed by atoms with E-state index < -0.39 is 12.1 Å². The van der Waals surface area contributed by atoms with Crippen molar-refractivity contribution in [1.29, 1.82) is 0 Å². The van der Waals surface area contributed by atoms with Gasteiger partial charge in [0.1, 0.15) is 17.5 Å². The summed E-state index contributed by atoms with van der Waals surface area (Å²) in [6.45, 7) is 9.51. The molecule has 2 aromatic carbocycles. The zero-order valence-corrected chi connectivity index (χ0v) is 26.3. The van der Waals surface area contributed by atoms with Crippen molar-refractivity contribution >= 4 is 50.8 Å². The smallest absolute Gasteiger partial charge is 0.347 e. The number of esters is 1. The quantitative estimate of drug-likeness (QED) is 0.144. The maximum absolute atomic E-state index is 12.9. The van der Waals surface area contributed by atoms with Crippen LogP contribution in [0, 0.1) is 6.92 Å². The van der Waals surface area contributed by atoms with Crippen LogP contribution in [0.4, 0.5) is 0 Å². The Balaban J connectivity index is 1.42. The topological polar surface area (TPSA) is 77.0 Å². The highest BCUT2D eigenvalue weighted by Gasteiger charge is 2.27. The van der Waals surface area contributed by atoms with E-state index in [2.05, 4.69) is 26.2 Å². The molecular weight excluding hydrogens is 595 g/mol. The molecular formula is C31H34Cl2N4O4S. The van der Waals surface area contributed by atoms with E-state index in [1.54, 1.807) is 13.1 Å². The second-order valence-corrected chi connectivity index (χ2v) is 11.8. The number of halogens is 2. The molecule has 42 heavy (non-hydrogen) atoms. The van der Waals surface area contributed by atoms with Gasteiger partial charge >= 0.3 is 5.97 Å². The van der Waals surface area contributed by atoms with Crippen LogP contribution >= 0.6 is 34.7 Å². The Bertz CT molecular complexity index is 1530. The first-order valence-electron chi connectivity index (χ1n) is 14.0. The minimum absolute atomic E-state index is 0.244. The van der Waals surface area contributed by atoms with Gasteiger partial charge in [0.2, 0.25) is 12.0 Å². The molecule has 8 nitrogen and oxygen atoms in total. The van der Waals surface area contributed by atoms with E-state index in [9.17, 15) is 4.79 Å². The van der Waals surface area contributed by atoms with Crippen LogP contribution in [-0.2, 0) is 16.0 Å². The van der Waals surface area contributed by atoms with Crippen molar-refractivity contribution in [3.8, 4) is 22.8 Å². The van der Waals surface area contributed by atoms with Gasteiger partial charge in [-0.3, -0.25) is 4.90 Å². The summed E-state index contributed by atoms with van der Waals surface area (Å²) in [7, 11) is 2.14. The summed E-state index contributed by atoms with van der Waals surface area (Å²) < 4.78 is 23.1. The van der Waals surface area contributed by atoms with Crippen LogP contribution < -0.4 is 9.47 Å². The van der Waals surface area contributed by atoms with Crippen molar-refractivity contribution in [3.63, 3.8) is 0 Å². The van der Waals surface area contributed by atoms with Crippen LogP contribution in [0.2, 0.25) is 10.2 Å². The number of pyridine rings is 1. The molecule has 3 heterocycles. The fourth-order valence-electron chi connectivity index (χ4n) is 4.98. The number of benzene rings is 2. The lowest BCUT2D eigenvalue weighted by atomic mass is 9.99. The van der Waals surface area contributed by atoms with E-state index in [1.165, 1.54) is 11.5 Å². The first kappa shape index (κ1) is 30.5. The molecule has 5 rings (SSSR count). The number of hydrogen-bond donors (Lipinski definition) is 0. The van der Waals surface area contributed by atoms with Gasteiger partial charge in [-0.15, -0.1) is 0 Å². The zero-order chi connectivity index (χ0) is 29.6. The minimum atomic E-state index is -0.891. The summed E-state index contributed by atoms with van der Waals surface area (Å²) in [6, 6.07) is 13.5. The van der Waals surface area contributed by atoms with Crippen LogP contribution in [0.3, 0.4) is 0 Å². The third-order valence-corrected chi connectivity index (χ3v) is 8.91. The molecule has 0 N–H and O–H groups in total. The van der Waals surface area contributed by atoms with Gasteiger partial charge in [-0.25, -0.2) is 9.78 Å². The van der Waals surface area contributed by atoms with E-state index in [1.807, 2.05) is 49.4 Å². The second-order valence-electron chi connectivity index (χ2n) is 10.2. The highest BCUT2D eigenvalue weighted by atomic mass is 35.5. The molecule has 0 spiro atoms. The number of carbonyl (C=O) groups excluding carboxylic acids is 1. The Morgan fingerprint density at radius 2 is 1.86 bits per heavy atom. The third-order valence-electron chi connectivity index (χ3n) is 7.39. The molecule has 11 heteroatoms. The number of aromatic nitrogens is 2. The van der Waals surface area contributed by atoms with Gasteiger partial charge in [0.25, 0.3) is 0 Å². The van der Waals surface area contributed by atoms with Crippen LogP contribution in [0.25, 0.3) is 21.2 Å². The van der Waals surface area contributed by atoms with E-state index in [0.29, 0.717) is 40.6 Å². The van der Waals surface area contributed by atoms with Crippen molar-refractivity contribution < 1.29 is 19.0 Å². The average molecular weight is 630 g/mol. The lowest BCUT2D eigenvalue weighted by Gasteiger charge is -2.32. The molecule has 1 atom stereocenters. The molecule has 0 saturated carbocycles. The Morgan fingerprint density at radius 1 is 1.10 bits per heavy atom. The number of carbonyl (C=O) groups is 1. The number of piperazine rings is 1. The molecule has 4 aromatic rings. The molecule has 0 aliphatic carbocycles. The van der Waals surface area contributed by atoms with Gasteiger partial charge in [-0.1, -0.05) is 59.6 Å². The van der Waals surface area contributed by atoms with Gasteiger partial charge < -0.3 is 19.1 Å². The van der Waals surface area contributed by atoms with E-state index >= 15 is 0 Å². The molecule has 1 aliphatic heterocycles. The largest absolute Gasteiger partial charge is 0.491 e. The summed E-state index contributed by atoms with van der Waals surface area (Å²) in [5.74, 6) is 0.460. The van der Waals surface area contributed by atoms with E-state index in [-0.39, 0.29) is 11.8 Å². The second kappa shape index (κ2) is 14.0. The number of likely N-dealkylation sites (N-methyl/N-ethyl adjacent to an activating group) is 1. The van der Waals surface area contributed by atoms with E-state index in [4.69, 9.17) is 37.4 Å². The van der Waals surface area contributed by atoms with Crippen LogP contribution in [-0.4, -0.2) is 84.2 Å². The Morgan fingerprint density at radius 3 is 2.60 bits per heavy atom. The Hall–Kier alpha value is -2.95. The molecule has 1 fully saturated rings. The molecule has 0 amide bonds. The normalized spacial score (nSPS) is 15.1. The molecule has 0 unspecified atom stereocenters. The van der Waals surface area contributed by atoms with Gasteiger partial charge in [0.05, 0.1) is 21.7 Å². The van der Waals surface area contributed by atoms with Gasteiger partial charge in [-0.05, 0) is 55.2 Å².